The molecule has 3 rings (SSSR count). The number of nitrogens with zero attached hydrogens (tertiary/aromatic N) is 1. The zero-order valence-corrected chi connectivity index (χ0v) is 10.6. The van der Waals surface area contributed by atoms with Crippen LogP contribution in [0.15, 0.2) is 24.3 Å². The van der Waals surface area contributed by atoms with Crippen LogP contribution in [0.25, 0.3) is 10.9 Å². The predicted molar refractivity (Wildman–Crippen MR) is 71.8 cm³/mol. The van der Waals surface area contributed by atoms with E-state index in [4.69, 9.17) is 17.3 Å². The number of nitrogens with two attached hydrogens (primary N) is 1. The van der Waals surface area contributed by atoms with Gasteiger partial charge in [0.2, 0.25) is 0 Å². The van der Waals surface area contributed by atoms with Gasteiger partial charge in [0, 0.05) is 35.1 Å². The molecular formula is C13H14ClN3O. The van der Waals surface area contributed by atoms with Crippen LogP contribution in [-0.2, 0) is 0 Å². The molecule has 0 spiro atoms. The second-order valence-corrected chi connectivity index (χ2v) is 5.15. The first-order valence-electron chi connectivity index (χ1n) is 5.96. The molecule has 5 heteroatoms. The average Bonchev–Trinajstić information content (AvgIpc) is 2.93. The van der Waals surface area contributed by atoms with E-state index >= 15 is 0 Å². The number of hydrogen-bond donors (Lipinski definition) is 2. The van der Waals surface area contributed by atoms with Gasteiger partial charge in [0.05, 0.1) is 0 Å². The number of hydrogen-bond acceptors (Lipinski definition) is 2. The van der Waals surface area contributed by atoms with Crippen molar-refractivity contribution in [1.29, 1.82) is 0 Å². The van der Waals surface area contributed by atoms with Gasteiger partial charge in [-0.3, -0.25) is 4.79 Å². The lowest BCUT2D eigenvalue weighted by Crippen LogP contribution is -2.32. The van der Waals surface area contributed by atoms with Crippen molar-refractivity contribution in [1.82, 2.24) is 9.88 Å². The topological polar surface area (TPSA) is 62.1 Å². The van der Waals surface area contributed by atoms with Crippen LogP contribution in [0.2, 0.25) is 5.02 Å². The third kappa shape index (κ3) is 1.98. The van der Waals surface area contributed by atoms with Crippen LogP contribution in [-0.4, -0.2) is 34.9 Å². The lowest BCUT2D eigenvalue weighted by Gasteiger charge is -2.14. The van der Waals surface area contributed by atoms with Gasteiger partial charge in [-0.05, 0) is 24.6 Å². The summed E-state index contributed by atoms with van der Waals surface area (Å²) in [5, 5.41) is 1.65. The number of H-pyrrole nitrogens is 1. The van der Waals surface area contributed by atoms with Gasteiger partial charge in [-0.25, -0.2) is 0 Å². The number of likely N-dealkylation sites (tertiary alicyclic amines) is 1. The molecule has 1 unspecified atom stereocenters. The average molecular weight is 264 g/mol. The van der Waals surface area contributed by atoms with Gasteiger partial charge in [-0.1, -0.05) is 17.7 Å². The Hall–Kier alpha value is -1.52. The summed E-state index contributed by atoms with van der Waals surface area (Å²) in [5.41, 5.74) is 7.30. The number of amides is 1. The summed E-state index contributed by atoms with van der Waals surface area (Å²) in [6.45, 7) is 1.37. The van der Waals surface area contributed by atoms with Crippen LogP contribution >= 0.6 is 11.6 Å². The van der Waals surface area contributed by atoms with E-state index in [-0.39, 0.29) is 11.9 Å². The molecule has 1 amide bonds. The maximum Gasteiger partial charge on any atom is 0.270 e. The zero-order valence-electron chi connectivity index (χ0n) is 9.82. The van der Waals surface area contributed by atoms with E-state index < -0.39 is 0 Å². The monoisotopic (exact) mass is 263 g/mol. The number of carbonyl (C=O) groups is 1. The van der Waals surface area contributed by atoms with Crippen LogP contribution in [0.5, 0.6) is 0 Å². The third-order valence-electron chi connectivity index (χ3n) is 3.33. The lowest BCUT2D eigenvalue weighted by atomic mass is 10.2. The van der Waals surface area contributed by atoms with Crippen molar-refractivity contribution in [2.45, 2.75) is 12.5 Å². The highest BCUT2D eigenvalue weighted by Crippen LogP contribution is 2.21. The van der Waals surface area contributed by atoms with Gasteiger partial charge in [0.15, 0.2) is 0 Å². The number of aromatic amines is 1. The summed E-state index contributed by atoms with van der Waals surface area (Å²) in [5.74, 6) is 0.00951. The predicted octanol–water partition coefficient (Wildman–Crippen LogP) is 1.99. The van der Waals surface area contributed by atoms with Crippen LogP contribution < -0.4 is 5.73 Å². The van der Waals surface area contributed by atoms with Crippen LogP contribution in [0.3, 0.4) is 0 Å². The van der Waals surface area contributed by atoms with Crippen molar-refractivity contribution in [2.75, 3.05) is 13.1 Å². The first-order valence-corrected chi connectivity index (χ1v) is 6.34. The van der Waals surface area contributed by atoms with Crippen molar-refractivity contribution in [3.8, 4) is 0 Å². The fraction of sp³-hybridized carbons (Fsp3) is 0.308. The Morgan fingerprint density at radius 2 is 2.28 bits per heavy atom. The van der Waals surface area contributed by atoms with Crippen LogP contribution in [0.1, 0.15) is 16.9 Å². The summed E-state index contributed by atoms with van der Waals surface area (Å²) >= 11 is 5.92. The minimum absolute atomic E-state index is 0.00951. The molecular weight excluding hydrogens is 250 g/mol. The Bertz CT molecular complexity index is 607. The van der Waals surface area contributed by atoms with Crippen molar-refractivity contribution >= 4 is 28.4 Å². The van der Waals surface area contributed by atoms with E-state index in [0.29, 0.717) is 17.3 Å². The van der Waals surface area contributed by atoms with E-state index in [1.165, 1.54) is 0 Å². The van der Waals surface area contributed by atoms with E-state index in [2.05, 4.69) is 4.98 Å². The molecule has 94 valence electrons. The molecule has 18 heavy (non-hydrogen) atoms. The molecule has 4 nitrogen and oxygen atoms in total. The maximum absolute atomic E-state index is 12.3. The molecule has 0 saturated carbocycles. The Kier molecular flexibility index (Phi) is 2.76. The lowest BCUT2D eigenvalue weighted by molar-refractivity contribution is 0.0786. The molecule has 1 atom stereocenters. The second-order valence-electron chi connectivity index (χ2n) is 4.71. The molecule has 1 aliphatic heterocycles. The molecule has 1 aromatic carbocycles. The first-order chi connectivity index (χ1) is 8.63. The molecule has 1 aromatic heterocycles. The van der Waals surface area contributed by atoms with Crippen LogP contribution in [0.4, 0.5) is 0 Å². The van der Waals surface area contributed by atoms with Crippen LogP contribution in [0, 0.1) is 0 Å². The van der Waals surface area contributed by atoms with Gasteiger partial charge in [-0.15, -0.1) is 0 Å². The fourth-order valence-corrected chi connectivity index (χ4v) is 2.53. The highest BCUT2D eigenvalue weighted by atomic mass is 35.5. The second kappa shape index (κ2) is 4.30. The quantitative estimate of drug-likeness (QED) is 0.827. The number of aromatic nitrogens is 1. The third-order valence-corrected chi connectivity index (χ3v) is 3.56. The molecule has 2 heterocycles. The zero-order chi connectivity index (χ0) is 12.7. The number of fused-ring (bicyclic) bond motifs is 1. The fourth-order valence-electron chi connectivity index (χ4n) is 2.36. The van der Waals surface area contributed by atoms with E-state index in [1.54, 1.807) is 4.90 Å². The summed E-state index contributed by atoms with van der Waals surface area (Å²) in [6, 6.07) is 7.51. The minimum atomic E-state index is 0.00951. The standard InChI is InChI=1S/C13H14ClN3O/c14-9-2-1-8-5-12(16-11(8)6-9)13(18)17-4-3-10(15)7-17/h1-2,5-6,10,16H,3-4,7,15H2. The summed E-state index contributed by atoms with van der Waals surface area (Å²) in [4.78, 5) is 17.2. The summed E-state index contributed by atoms with van der Waals surface area (Å²) in [6.07, 6.45) is 0.873. The number of carbonyl (C=O) groups excluding carboxylic acids is 1. The molecule has 0 bridgehead atoms. The Labute approximate surface area is 110 Å². The molecule has 3 N–H and O–H groups in total. The number of nitrogens with one attached hydrogen (secondary N) is 1. The number of benzene rings is 1. The van der Waals surface area contributed by atoms with Gasteiger partial charge in [0.1, 0.15) is 5.69 Å². The van der Waals surface area contributed by atoms with E-state index in [0.717, 1.165) is 23.9 Å². The largest absolute Gasteiger partial charge is 0.350 e. The van der Waals surface area contributed by atoms with Gasteiger partial charge < -0.3 is 15.6 Å². The summed E-state index contributed by atoms with van der Waals surface area (Å²) < 4.78 is 0. The number of halogens is 1. The smallest absolute Gasteiger partial charge is 0.270 e. The van der Waals surface area contributed by atoms with Crippen molar-refractivity contribution < 1.29 is 4.79 Å². The SMILES string of the molecule is NC1CCN(C(=O)c2cc3ccc(Cl)cc3[nH]2)C1. The molecule has 2 aromatic rings. The highest BCUT2D eigenvalue weighted by Gasteiger charge is 2.25. The molecule has 1 saturated heterocycles. The molecule has 0 radical (unpaired) electrons. The normalized spacial score (nSPS) is 19.7. The van der Waals surface area contributed by atoms with Crippen molar-refractivity contribution in [3.63, 3.8) is 0 Å². The Morgan fingerprint density at radius 1 is 1.44 bits per heavy atom. The van der Waals surface area contributed by atoms with Gasteiger partial charge in [-0.2, -0.15) is 0 Å². The Balaban J connectivity index is 1.92. The highest BCUT2D eigenvalue weighted by molar-refractivity contribution is 6.31. The molecule has 0 aliphatic carbocycles. The number of rotatable bonds is 1. The van der Waals surface area contributed by atoms with E-state index in [1.807, 2.05) is 24.3 Å². The van der Waals surface area contributed by atoms with Crippen molar-refractivity contribution in [3.05, 3.63) is 35.0 Å². The maximum atomic E-state index is 12.3. The Morgan fingerprint density at radius 3 is 3.00 bits per heavy atom. The minimum Gasteiger partial charge on any atom is -0.350 e. The van der Waals surface area contributed by atoms with Gasteiger partial charge in [0.25, 0.3) is 5.91 Å². The summed E-state index contributed by atoms with van der Waals surface area (Å²) in [7, 11) is 0. The molecule has 1 aliphatic rings. The van der Waals surface area contributed by atoms with E-state index in [9.17, 15) is 4.79 Å². The van der Waals surface area contributed by atoms with Gasteiger partial charge >= 0.3 is 0 Å². The first kappa shape index (κ1) is 11.6. The van der Waals surface area contributed by atoms with Crippen molar-refractivity contribution in [2.24, 2.45) is 5.73 Å². The molecule has 1 fully saturated rings.